The molecule has 3 amide bonds. The van der Waals surface area contributed by atoms with E-state index in [9.17, 15) is 14.4 Å². The second kappa shape index (κ2) is 8.01. The van der Waals surface area contributed by atoms with Crippen LogP contribution in [0.5, 0.6) is 0 Å². The van der Waals surface area contributed by atoms with Crippen LogP contribution in [-0.4, -0.2) is 29.6 Å². The van der Waals surface area contributed by atoms with E-state index in [1.54, 1.807) is 33.8 Å². The quantitative estimate of drug-likeness (QED) is 0.753. The van der Waals surface area contributed by atoms with Gasteiger partial charge in [0.15, 0.2) is 0 Å². The third kappa shape index (κ3) is 5.73. The molecular weight excluding hydrogens is 334 g/mol. The number of ether oxygens (including phenoxy) is 1. The van der Waals surface area contributed by atoms with Gasteiger partial charge < -0.3 is 21.1 Å². The molecule has 0 saturated carbocycles. The minimum Gasteiger partial charge on any atom is -0.444 e. The van der Waals surface area contributed by atoms with Crippen molar-refractivity contribution in [3.8, 4) is 0 Å². The Balaban J connectivity index is 2.88. The molecular formula is C16H22ClN3O4. The molecule has 0 spiro atoms. The van der Waals surface area contributed by atoms with Gasteiger partial charge in [0.1, 0.15) is 11.6 Å². The fourth-order valence-electron chi connectivity index (χ4n) is 1.90. The summed E-state index contributed by atoms with van der Waals surface area (Å²) >= 11 is 5.94. The predicted molar refractivity (Wildman–Crippen MR) is 92.0 cm³/mol. The molecule has 1 atom stereocenters. The first kappa shape index (κ1) is 19.8. The van der Waals surface area contributed by atoms with Crippen molar-refractivity contribution >= 4 is 35.2 Å². The number of primary amides is 1. The van der Waals surface area contributed by atoms with E-state index in [2.05, 4.69) is 10.6 Å². The molecule has 0 aliphatic rings. The first-order valence-electron chi connectivity index (χ1n) is 7.44. The molecule has 4 N–H and O–H groups in total. The topological polar surface area (TPSA) is 111 Å². The van der Waals surface area contributed by atoms with Crippen molar-refractivity contribution in [2.45, 2.75) is 45.8 Å². The van der Waals surface area contributed by atoms with Gasteiger partial charge in [0.2, 0.25) is 5.91 Å². The molecule has 7 nitrogen and oxygen atoms in total. The second-order valence-electron chi connectivity index (χ2n) is 6.12. The first-order chi connectivity index (χ1) is 11.0. The molecule has 0 aromatic heterocycles. The summed E-state index contributed by atoms with van der Waals surface area (Å²) in [4.78, 5) is 35.7. The molecule has 8 heteroatoms. The van der Waals surface area contributed by atoms with Crippen LogP contribution in [0.25, 0.3) is 0 Å². The van der Waals surface area contributed by atoms with Crippen molar-refractivity contribution in [2.24, 2.45) is 5.73 Å². The number of alkyl carbamates (subject to hydrolysis) is 1. The van der Waals surface area contributed by atoms with Crippen LogP contribution in [0.3, 0.4) is 0 Å². The zero-order valence-corrected chi connectivity index (χ0v) is 14.9. The Morgan fingerprint density at radius 3 is 2.42 bits per heavy atom. The predicted octanol–water partition coefficient (Wildman–Crippen LogP) is 2.68. The highest BCUT2D eigenvalue weighted by Crippen LogP contribution is 2.24. The van der Waals surface area contributed by atoms with Gasteiger partial charge in [-0.15, -0.1) is 0 Å². The largest absolute Gasteiger partial charge is 0.444 e. The normalized spacial score (nSPS) is 12.2. The molecule has 0 bridgehead atoms. The highest BCUT2D eigenvalue weighted by molar-refractivity contribution is 6.34. The Kier molecular flexibility index (Phi) is 6.60. The van der Waals surface area contributed by atoms with E-state index in [-0.39, 0.29) is 16.3 Å². The number of nitrogens with two attached hydrogens (primary N) is 1. The molecule has 0 aliphatic carbocycles. The van der Waals surface area contributed by atoms with E-state index in [4.69, 9.17) is 22.1 Å². The monoisotopic (exact) mass is 355 g/mol. The smallest absolute Gasteiger partial charge is 0.408 e. The van der Waals surface area contributed by atoms with Crippen molar-refractivity contribution in [2.75, 3.05) is 5.32 Å². The lowest BCUT2D eigenvalue weighted by Gasteiger charge is -2.23. The van der Waals surface area contributed by atoms with E-state index in [0.29, 0.717) is 6.42 Å². The summed E-state index contributed by atoms with van der Waals surface area (Å²) in [6.07, 6.45) is -0.372. The molecule has 0 radical (unpaired) electrons. The number of carbonyl (C=O) groups is 3. The highest BCUT2D eigenvalue weighted by atomic mass is 35.5. The molecule has 24 heavy (non-hydrogen) atoms. The molecule has 1 aromatic rings. The number of anilines is 1. The lowest BCUT2D eigenvalue weighted by molar-refractivity contribution is -0.118. The molecule has 0 fully saturated rings. The van der Waals surface area contributed by atoms with Crippen molar-refractivity contribution in [3.05, 3.63) is 28.8 Å². The van der Waals surface area contributed by atoms with Gasteiger partial charge in [0.05, 0.1) is 16.3 Å². The Bertz CT molecular complexity index is 641. The van der Waals surface area contributed by atoms with Crippen molar-refractivity contribution < 1.29 is 19.1 Å². The number of benzene rings is 1. The highest BCUT2D eigenvalue weighted by Gasteiger charge is 2.24. The standard InChI is InChI=1S/C16H22ClN3O4/c1-5-10(20-15(23)24-16(2,3)4)14(22)19-11-8-6-7-9(17)12(11)13(18)21/h6-8,10H,5H2,1-4H3,(H2,18,21)(H,19,22)(H,20,23). The van der Waals surface area contributed by atoms with Crippen molar-refractivity contribution in [1.82, 2.24) is 5.32 Å². The molecule has 0 aliphatic heterocycles. The molecule has 1 unspecified atom stereocenters. The van der Waals surface area contributed by atoms with Crippen LogP contribution in [-0.2, 0) is 9.53 Å². The number of carbonyl (C=O) groups excluding carboxylic acids is 3. The van der Waals surface area contributed by atoms with E-state index in [1.165, 1.54) is 12.1 Å². The Morgan fingerprint density at radius 2 is 1.92 bits per heavy atom. The number of amides is 3. The van der Waals surface area contributed by atoms with Crippen LogP contribution < -0.4 is 16.4 Å². The van der Waals surface area contributed by atoms with E-state index >= 15 is 0 Å². The summed E-state index contributed by atoms with van der Waals surface area (Å²) < 4.78 is 5.13. The van der Waals surface area contributed by atoms with Gasteiger partial charge in [-0.2, -0.15) is 0 Å². The number of rotatable bonds is 5. The average molecular weight is 356 g/mol. The Labute approximate surface area is 145 Å². The van der Waals surface area contributed by atoms with Crippen LogP contribution in [0.1, 0.15) is 44.5 Å². The maximum absolute atomic E-state index is 12.4. The Morgan fingerprint density at radius 1 is 1.29 bits per heavy atom. The maximum atomic E-state index is 12.4. The maximum Gasteiger partial charge on any atom is 0.408 e. The van der Waals surface area contributed by atoms with Gasteiger partial charge in [-0.1, -0.05) is 24.6 Å². The fraction of sp³-hybridized carbons (Fsp3) is 0.438. The van der Waals surface area contributed by atoms with Crippen LogP contribution in [0, 0.1) is 0 Å². The second-order valence-corrected chi connectivity index (χ2v) is 6.53. The molecule has 0 heterocycles. The molecule has 0 saturated heterocycles. The van der Waals surface area contributed by atoms with Crippen molar-refractivity contribution in [1.29, 1.82) is 0 Å². The zero-order chi connectivity index (χ0) is 18.5. The van der Waals surface area contributed by atoms with Crippen LogP contribution in [0.15, 0.2) is 18.2 Å². The van der Waals surface area contributed by atoms with E-state index in [1.807, 2.05) is 0 Å². The molecule has 132 valence electrons. The number of hydrogen-bond donors (Lipinski definition) is 3. The van der Waals surface area contributed by atoms with Crippen LogP contribution >= 0.6 is 11.6 Å². The summed E-state index contributed by atoms with van der Waals surface area (Å²) in [6, 6.07) is 3.74. The third-order valence-electron chi connectivity index (χ3n) is 2.93. The van der Waals surface area contributed by atoms with E-state index < -0.39 is 29.6 Å². The van der Waals surface area contributed by atoms with Gasteiger partial charge in [0.25, 0.3) is 5.91 Å². The number of hydrogen-bond acceptors (Lipinski definition) is 4. The minimum absolute atomic E-state index is 0.0136. The summed E-state index contributed by atoms with van der Waals surface area (Å²) in [5.74, 6) is -1.27. The molecule has 1 rings (SSSR count). The summed E-state index contributed by atoms with van der Waals surface area (Å²) in [6.45, 7) is 6.89. The van der Waals surface area contributed by atoms with Gasteiger partial charge in [-0.3, -0.25) is 9.59 Å². The lowest BCUT2D eigenvalue weighted by atomic mass is 10.1. The third-order valence-corrected chi connectivity index (χ3v) is 3.25. The summed E-state index contributed by atoms with van der Waals surface area (Å²) in [5.41, 5.74) is 4.81. The SMILES string of the molecule is CCC(NC(=O)OC(C)(C)C)C(=O)Nc1cccc(Cl)c1C(N)=O. The van der Waals surface area contributed by atoms with Gasteiger partial charge in [-0.05, 0) is 39.3 Å². The zero-order valence-electron chi connectivity index (χ0n) is 14.1. The average Bonchev–Trinajstić information content (AvgIpc) is 2.42. The molecule has 1 aromatic carbocycles. The number of nitrogens with one attached hydrogen (secondary N) is 2. The Hall–Kier alpha value is -2.28. The van der Waals surface area contributed by atoms with Crippen LogP contribution in [0.4, 0.5) is 10.5 Å². The minimum atomic E-state index is -0.834. The lowest BCUT2D eigenvalue weighted by Crippen LogP contribution is -2.45. The van der Waals surface area contributed by atoms with Crippen LogP contribution in [0.2, 0.25) is 5.02 Å². The van der Waals surface area contributed by atoms with Gasteiger partial charge in [0, 0.05) is 0 Å². The number of halogens is 1. The van der Waals surface area contributed by atoms with Gasteiger partial charge in [-0.25, -0.2) is 4.79 Å². The van der Waals surface area contributed by atoms with Crippen molar-refractivity contribution in [3.63, 3.8) is 0 Å². The first-order valence-corrected chi connectivity index (χ1v) is 7.81. The van der Waals surface area contributed by atoms with E-state index in [0.717, 1.165) is 0 Å². The van der Waals surface area contributed by atoms with Gasteiger partial charge >= 0.3 is 6.09 Å². The summed E-state index contributed by atoms with van der Waals surface area (Å²) in [5, 5.41) is 5.17. The summed E-state index contributed by atoms with van der Waals surface area (Å²) in [7, 11) is 0. The fourth-order valence-corrected chi connectivity index (χ4v) is 2.17.